The molecule has 0 saturated heterocycles. The molecule has 0 atom stereocenters. The van der Waals surface area contributed by atoms with Crippen molar-refractivity contribution in [3.8, 4) is 0 Å². The van der Waals surface area contributed by atoms with E-state index in [2.05, 4.69) is 108 Å². The van der Waals surface area contributed by atoms with E-state index in [1.807, 2.05) is 0 Å². The molecule has 0 amide bonds. The Balaban J connectivity index is 1.32. The highest BCUT2D eigenvalue weighted by molar-refractivity contribution is 6.25. The molecule has 2 N–H and O–H groups in total. The van der Waals surface area contributed by atoms with E-state index >= 15 is 0 Å². The molecule has 6 aromatic rings. The van der Waals surface area contributed by atoms with Gasteiger partial charge in [0.1, 0.15) is 11.6 Å². The van der Waals surface area contributed by atoms with Crippen LogP contribution in [0.1, 0.15) is 130 Å². The second-order valence-electron chi connectivity index (χ2n) is 15.0. The number of hydrogen-bond acceptors (Lipinski definition) is 2. The summed E-state index contributed by atoms with van der Waals surface area (Å²) in [6, 6.07) is 23.7. The van der Waals surface area contributed by atoms with Gasteiger partial charge >= 0.3 is 0 Å². The van der Waals surface area contributed by atoms with Crippen LogP contribution in [0.25, 0.3) is 54.1 Å². The highest BCUT2D eigenvalue weighted by atomic mass is 15.2. The molecule has 2 aromatic heterocycles. The molecule has 6 rings (SSSR count). The van der Waals surface area contributed by atoms with Gasteiger partial charge in [-0.1, -0.05) is 141 Å². The van der Waals surface area contributed by atoms with Crippen LogP contribution in [0.2, 0.25) is 0 Å². The van der Waals surface area contributed by atoms with Crippen LogP contribution in [-0.2, 0) is 0 Å². The average Bonchev–Trinajstić information content (AvgIpc) is 3.78. The molecule has 4 aromatic carbocycles. The number of aromatic amines is 2. The first-order valence-electron chi connectivity index (χ1n) is 20.6. The van der Waals surface area contributed by atoms with Crippen LogP contribution >= 0.6 is 0 Å². The molecule has 4 nitrogen and oxygen atoms in total. The Labute approximate surface area is 302 Å². The molecule has 0 aliphatic rings. The maximum absolute atomic E-state index is 3.83. The molecule has 4 heteroatoms. The summed E-state index contributed by atoms with van der Waals surface area (Å²) in [5.74, 6) is 2.57. The minimum Gasteiger partial charge on any atom is -0.358 e. The van der Waals surface area contributed by atoms with Crippen molar-refractivity contribution in [3.63, 3.8) is 0 Å². The Morgan fingerprint density at radius 1 is 0.340 bits per heavy atom. The molecular weight excluding hydrogens is 609 g/mol. The minimum atomic E-state index is 1.14. The van der Waals surface area contributed by atoms with Crippen molar-refractivity contribution in [1.82, 2.24) is 9.97 Å². The Morgan fingerprint density at radius 2 is 0.620 bits per heavy atom. The quantitative estimate of drug-likeness (QED) is 0.0556. The van der Waals surface area contributed by atoms with Gasteiger partial charge in [0, 0.05) is 48.0 Å². The predicted molar refractivity (Wildman–Crippen MR) is 224 cm³/mol. The lowest BCUT2D eigenvalue weighted by Crippen LogP contribution is -2.26. The highest BCUT2D eigenvalue weighted by Crippen LogP contribution is 2.38. The molecule has 0 fully saturated rings. The third kappa shape index (κ3) is 8.27. The summed E-state index contributed by atoms with van der Waals surface area (Å²) >= 11 is 0. The number of H-pyrrole nitrogens is 2. The molecule has 0 aliphatic heterocycles. The van der Waals surface area contributed by atoms with Crippen LogP contribution in [0.4, 0.5) is 11.6 Å². The first kappa shape index (κ1) is 36.1. The van der Waals surface area contributed by atoms with Crippen LogP contribution in [0.5, 0.6) is 0 Å². The standard InChI is InChI=1S/C46H64N4/c1-5-9-13-17-29-49(30-18-14-10-6-2)45-33-41-39-23-21-36-35(37(39)25-27-43(41)47-45)22-24-40-38(36)26-28-44-42(40)34-46(48-44)50(31-19-15-11-7-3)32-20-16-12-8-4/h21-28,33-34,47-48H,5-20,29-32H2,1-4H3. The number of benzene rings is 4. The molecule has 2 heterocycles. The third-order valence-electron chi connectivity index (χ3n) is 11.2. The lowest BCUT2D eigenvalue weighted by molar-refractivity contribution is 0.606. The number of unbranched alkanes of at least 4 members (excludes halogenated alkanes) is 12. The van der Waals surface area contributed by atoms with Crippen molar-refractivity contribution in [2.45, 2.75) is 130 Å². The van der Waals surface area contributed by atoms with Crippen molar-refractivity contribution in [1.29, 1.82) is 0 Å². The number of nitrogens with one attached hydrogen (secondary N) is 2. The van der Waals surface area contributed by atoms with Crippen LogP contribution in [0.3, 0.4) is 0 Å². The molecule has 0 aliphatic carbocycles. The first-order valence-corrected chi connectivity index (χ1v) is 20.6. The number of rotatable bonds is 22. The van der Waals surface area contributed by atoms with Crippen LogP contribution in [0, 0.1) is 0 Å². The number of hydrogen-bond donors (Lipinski definition) is 2. The normalized spacial score (nSPS) is 12.0. The van der Waals surface area contributed by atoms with E-state index < -0.39 is 0 Å². The highest BCUT2D eigenvalue weighted by Gasteiger charge is 2.16. The zero-order valence-electron chi connectivity index (χ0n) is 31.8. The average molecular weight is 673 g/mol. The number of fused-ring (bicyclic) bond motifs is 9. The van der Waals surface area contributed by atoms with Crippen LogP contribution in [0.15, 0.2) is 60.7 Å². The summed E-state index contributed by atoms with van der Waals surface area (Å²) in [5.41, 5.74) is 2.49. The Kier molecular flexibility index (Phi) is 13.0. The fraction of sp³-hybridized carbons (Fsp3) is 0.522. The molecular formula is C46H64N4. The molecule has 0 radical (unpaired) electrons. The largest absolute Gasteiger partial charge is 0.358 e. The van der Waals surface area contributed by atoms with Gasteiger partial charge in [-0.25, -0.2) is 0 Å². The zero-order chi connectivity index (χ0) is 34.7. The van der Waals surface area contributed by atoms with E-state index in [0.29, 0.717) is 0 Å². The summed E-state index contributed by atoms with van der Waals surface area (Å²) in [4.78, 5) is 12.9. The Bertz CT molecular complexity index is 1780. The second kappa shape index (κ2) is 18.0. The predicted octanol–water partition coefficient (Wildman–Crippen LogP) is 14.0. The van der Waals surface area contributed by atoms with Crippen molar-refractivity contribution >= 4 is 65.8 Å². The molecule has 0 bridgehead atoms. The number of aromatic nitrogens is 2. The number of nitrogens with zero attached hydrogens (tertiary/aromatic N) is 2. The van der Waals surface area contributed by atoms with Crippen LogP contribution in [-0.4, -0.2) is 36.1 Å². The van der Waals surface area contributed by atoms with Gasteiger partial charge in [-0.3, -0.25) is 0 Å². The lowest BCUT2D eigenvalue weighted by atomic mass is 9.94. The topological polar surface area (TPSA) is 38.1 Å². The van der Waals surface area contributed by atoms with Gasteiger partial charge in [0.2, 0.25) is 0 Å². The van der Waals surface area contributed by atoms with E-state index in [1.165, 1.54) is 168 Å². The molecule has 268 valence electrons. The van der Waals surface area contributed by atoms with E-state index in [0.717, 1.165) is 26.2 Å². The fourth-order valence-corrected chi connectivity index (χ4v) is 8.20. The van der Waals surface area contributed by atoms with Gasteiger partial charge in [0.05, 0.1) is 0 Å². The van der Waals surface area contributed by atoms with Crippen molar-refractivity contribution < 1.29 is 0 Å². The maximum atomic E-state index is 3.83. The van der Waals surface area contributed by atoms with Crippen LogP contribution < -0.4 is 9.80 Å². The molecule has 0 unspecified atom stereocenters. The molecule has 0 saturated carbocycles. The Hall–Kier alpha value is -3.66. The van der Waals surface area contributed by atoms with Gasteiger partial charge in [-0.2, -0.15) is 0 Å². The summed E-state index contributed by atoms with van der Waals surface area (Å²) in [6.07, 6.45) is 20.8. The zero-order valence-corrected chi connectivity index (χ0v) is 31.8. The first-order chi connectivity index (χ1) is 24.7. The van der Waals surface area contributed by atoms with E-state index in [4.69, 9.17) is 0 Å². The van der Waals surface area contributed by atoms with E-state index in [9.17, 15) is 0 Å². The SMILES string of the molecule is CCCCCCN(CCCCCC)c1cc2c(ccc3c2ccc2c4ccc5[nH]c(N(CCCCCC)CCCCCC)cc5c4ccc32)[nH]1. The Morgan fingerprint density at radius 3 is 0.920 bits per heavy atom. The summed E-state index contributed by atoms with van der Waals surface area (Å²) in [7, 11) is 0. The summed E-state index contributed by atoms with van der Waals surface area (Å²) < 4.78 is 0. The number of anilines is 2. The van der Waals surface area contributed by atoms with Crippen molar-refractivity contribution in [3.05, 3.63) is 60.7 Å². The fourth-order valence-electron chi connectivity index (χ4n) is 8.20. The van der Waals surface area contributed by atoms with Gasteiger partial charge in [-0.05, 0) is 82.3 Å². The van der Waals surface area contributed by atoms with Crippen molar-refractivity contribution in [2.24, 2.45) is 0 Å². The van der Waals surface area contributed by atoms with E-state index in [1.54, 1.807) is 0 Å². The lowest BCUT2D eigenvalue weighted by Gasteiger charge is -2.23. The maximum Gasteiger partial charge on any atom is 0.106 e. The van der Waals surface area contributed by atoms with Gasteiger partial charge < -0.3 is 19.8 Å². The van der Waals surface area contributed by atoms with Gasteiger partial charge in [0.15, 0.2) is 0 Å². The minimum absolute atomic E-state index is 1.14. The smallest absolute Gasteiger partial charge is 0.106 e. The second-order valence-corrected chi connectivity index (χ2v) is 15.0. The van der Waals surface area contributed by atoms with E-state index in [-0.39, 0.29) is 0 Å². The molecule has 0 spiro atoms. The summed E-state index contributed by atoms with van der Waals surface area (Å²) in [5, 5.41) is 10.8. The monoisotopic (exact) mass is 673 g/mol. The molecule has 50 heavy (non-hydrogen) atoms. The van der Waals surface area contributed by atoms with Crippen molar-refractivity contribution in [2.75, 3.05) is 36.0 Å². The third-order valence-corrected chi connectivity index (χ3v) is 11.2. The summed E-state index contributed by atoms with van der Waals surface area (Å²) in [6.45, 7) is 13.7. The van der Waals surface area contributed by atoms with Gasteiger partial charge in [0.25, 0.3) is 0 Å². The van der Waals surface area contributed by atoms with Gasteiger partial charge in [-0.15, -0.1) is 0 Å².